The number of likely N-dealkylation sites (tertiary alicyclic amines) is 1. The van der Waals surface area contributed by atoms with Gasteiger partial charge >= 0.3 is 0 Å². The fourth-order valence-corrected chi connectivity index (χ4v) is 8.52. The maximum absolute atomic E-state index is 14.4. The van der Waals surface area contributed by atoms with Crippen LogP contribution in [0.15, 0.2) is 41.8 Å². The molecule has 3 aliphatic rings. The Morgan fingerprint density at radius 1 is 1.00 bits per heavy atom. The molecule has 2 aliphatic heterocycles. The number of benzene rings is 1. The average molecular weight is 546 g/mol. The lowest BCUT2D eigenvalue weighted by Crippen LogP contribution is -2.60. The minimum atomic E-state index is 0.0972. The van der Waals surface area contributed by atoms with E-state index in [1.807, 2.05) is 6.07 Å². The predicted octanol–water partition coefficient (Wildman–Crippen LogP) is 6.91. The lowest BCUT2D eigenvalue weighted by atomic mass is 9.84. The van der Waals surface area contributed by atoms with Crippen molar-refractivity contribution >= 4 is 28.1 Å². The second-order valence-corrected chi connectivity index (χ2v) is 13.3. The zero-order valence-corrected chi connectivity index (χ0v) is 24.4. The second-order valence-electron chi connectivity index (χ2n) is 12.3. The summed E-state index contributed by atoms with van der Waals surface area (Å²) in [6.45, 7) is 7.75. The van der Waals surface area contributed by atoms with Crippen molar-refractivity contribution in [1.29, 1.82) is 0 Å². The lowest BCUT2D eigenvalue weighted by Gasteiger charge is -2.49. The van der Waals surface area contributed by atoms with Gasteiger partial charge in [0.2, 0.25) is 0 Å². The van der Waals surface area contributed by atoms with E-state index in [2.05, 4.69) is 53.3 Å². The number of fused-ring (bicyclic) bond motifs is 1. The first-order chi connectivity index (χ1) is 19.1. The molecule has 208 valence electrons. The molecule has 3 fully saturated rings. The summed E-state index contributed by atoms with van der Waals surface area (Å²) in [6.07, 6.45) is 12.7. The summed E-state index contributed by atoms with van der Waals surface area (Å²) in [5.41, 5.74) is 4.00. The average Bonchev–Trinajstić information content (AvgIpc) is 3.53. The van der Waals surface area contributed by atoms with E-state index in [4.69, 9.17) is 4.98 Å². The summed E-state index contributed by atoms with van der Waals surface area (Å²) >= 11 is 1.74. The molecule has 1 amide bonds. The van der Waals surface area contributed by atoms with E-state index in [9.17, 15) is 4.79 Å². The predicted molar refractivity (Wildman–Crippen MR) is 162 cm³/mol. The van der Waals surface area contributed by atoms with Gasteiger partial charge in [0.1, 0.15) is 6.54 Å². The maximum Gasteiger partial charge on any atom is 0.252 e. The molecule has 39 heavy (non-hydrogen) atoms. The monoisotopic (exact) mass is 545 g/mol. The van der Waals surface area contributed by atoms with Gasteiger partial charge in [0.15, 0.2) is 0 Å². The van der Waals surface area contributed by atoms with Gasteiger partial charge < -0.3 is 15.1 Å². The summed E-state index contributed by atoms with van der Waals surface area (Å²) in [6, 6.07) is 13.4. The summed E-state index contributed by atoms with van der Waals surface area (Å²) in [7, 11) is 0. The minimum absolute atomic E-state index is 0.0972. The van der Waals surface area contributed by atoms with Crippen molar-refractivity contribution in [3.05, 3.63) is 52.9 Å². The first kappa shape index (κ1) is 26.9. The molecule has 0 unspecified atom stereocenters. The van der Waals surface area contributed by atoms with Gasteiger partial charge in [-0.05, 0) is 62.5 Å². The molecule has 2 saturated heterocycles. The normalized spacial score (nSPS) is 21.6. The summed E-state index contributed by atoms with van der Waals surface area (Å²) in [5.74, 6) is 0.672. The Morgan fingerprint density at radius 2 is 1.74 bits per heavy atom. The highest BCUT2D eigenvalue weighted by molar-refractivity contribution is 7.13. The van der Waals surface area contributed by atoms with Gasteiger partial charge in [0.05, 0.1) is 40.8 Å². The van der Waals surface area contributed by atoms with Gasteiger partial charge in [-0.1, -0.05) is 43.5 Å². The number of piperidine rings is 2. The molecule has 0 radical (unpaired) electrons. The first-order valence-electron chi connectivity index (χ1n) is 15.5. The Labute approximate surface area is 238 Å². The third kappa shape index (κ3) is 5.66. The van der Waals surface area contributed by atoms with Crippen LogP contribution in [-0.4, -0.2) is 53.6 Å². The third-order valence-electron chi connectivity index (χ3n) is 9.95. The molecule has 0 spiro atoms. The zero-order valence-electron chi connectivity index (χ0n) is 23.6. The molecule has 2 aromatic heterocycles. The lowest BCUT2D eigenvalue weighted by molar-refractivity contribution is -0.968. The van der Waals surface area contributed by atoms with Crippen molar-refractivity contribution < 1.29 is 9.28 Å². The number of thiophene rings is 1. The minimum Gasteiger partial charge on any atom is -0.349 e. The molecule has 1 aliphatic carbocycles. The SMILES string of the molecule is C[C@H](NC(=O)c1c(C[N+]2(C3CCNCC3)CCCCC2)c(-c2cccs2)nc2ccccc12)C1CCCCC1. The molecular weight excluding hydrogens is 500 g/mol. The Bertz CT molecular complexity index is 1250. The fourth-order valence-electron chi connectivity index (χ4n) is 7.78. The molecule has 5 nitrogen and oxygen atoms in total. The largest absolute Gasteiger partial charge is 0.349 e. The van der Waals surface area contributed by atoms with Crippen molar-refractivity contribution in [2.24, 2.45) is 5.92 Å². The number of nitrogens with one attached hydrogen (secondary N) is 2. The molecule has 2 N–H and O–H groups in total. The van der Waals surface area contributed by atoms with Crippen LogP contribution in [0.3, 0.4) is 0 Å². The number of pyridine rings is 1. The van der Waals surface area contributed by atoms with Crippen LogP contribution in [0.25, 0.3) is 21.5 Å². The van der Waals surface area contributed by atoms with Crippen LogP contribution in [0, 0.1) is 5.92 Å². The Balaban J connectivity index is 1.47. The van der Waals surface area contributed by atoms with Crippen molar-refractivity contribution in [1.82, 2.24) is 15.6 Å². The summed E-state index contributed by atoms with van der Waals surface area (Å²) in [4.78, 5) is 20.9. The fraction of sp³-hybridized carbons (Fsp3) is 0.576. The van der Waals surface area contributed by atoms with Gasteiger partial charge in [0.25, 0.3) is 5.91 Å². The van der Waals surface area contributed by atoms with Gasteiger partial charge in [-0.25, -0.2) is 4.98 Å². The number of carbonyl (C=O) groups excluding carboxylic acids is 1. The first-order valence-corrected chi connectivity index (χ1v) is 16.4. The van der Waals surface area contributed by atoms with Crippen LogP contribution in [0.2, 0.25) is 0 Å². The topological polar surface area (TPSA) is 54.0 Å². The van der Waals surface area contributed by atoms with Crippen molar-refractivity contribution in [3.63, 3.8) is 0 Å². The highest BCUT2D eigenvalue weighted by Crippen LogP contribution is 2.38. The van der Waals surface area contributed by atoms with Crippen LogP contribution < -0.4 is 10.6 Å². The van der Waals surface area contributed by atoms with Gasteiger partial charge in [-0.2, -0.15) is 0 Å². The van der Waals surface area contributed by atoms with Crippen LogP contribution in [-0.2, 0) is 6.54 Å². The Kier molecular flexibility index (Phi) is 8.33. The number of carbonyl (C=O) groups is 1. The second kappa shape index (κ2) is 12.1. The van der Waals surface area contributed by atoms with Crippen LogP contribution >= 0.6 is 11.3 Å². The number of amides is 1. The highest BCUT2D eigenvalue weighted by Gasteiger charge is 2.41. The van der Waals surface area contributed by atoms with Crippen LogP contribution in [0.1, 0.15) is 87.1 Å². The smallest absolute Gasteiger partial charge is 0.252 e. The van der Waals surface area contributed by atoms with E-state index in [0.717, 1.165) is 46.3 Å². The van der Waals surface area contributed by atoms with Crippen molar-refractivity contribution in [3.8, 4) is 10.6 Å². The molecule has 1 atom stereocenters. The van der Waals surface area contributed by atoms with E-state index in [1.165, 1.54) is 87.7 Å². The number of aromatic nitrogens is 1. The van der Waals surface area contributed by atoms with Gasteiger partial charge in [-0.15, -0.1) is 11.3 Å². The molecule has 4 heterocycles. The Hall–Kier alpha value is -2.28. The summed E-state index contributed by atoms with van der Waals surface area (Å²) < 4.78 is 1.11. The Morgan fingerprint density at radius 3 is 2.49 bits per heavy atom. The maximum atomic E-state index is 14.4. The molecule has 6 rings (SSSR count). The van der Waals surface area contributed by atoms with Crippen molar-refractivity contribution in [2.75, 3.05) is 26.2 Å². The van der Waals surface area contributed by atoms with E-state index in [0.29, 0.717) is 12.0 Å². The van der Waals surface area contributed by atoms with E-state index < -0.39 is 0 Å². The standard InChI is InChI=1S/C33H44N4OS/c1-24(25-11-4-2-5-12-25)35-33(38)31-27-13-6-7-14-29(27)36-32(30-15-10-22-39-30)28(31)23-37(20-8-3-9-21-37)26-16-18-34-19-17-26/h6-7,10,13-15,22,24-26,34H,2-5,8-9,11-12,16-21,23H2,1H3/p+1/t24-/m0/s1. The number of para-hydroxylation sites is 1. The molecule has 0 bridgehead atoms. The number of quaternary nitrogens is 1. The summed E-state index contributed by atoms with van der Waals surface area (Å²) in [5, 5.41) is 10.2. The third-order valence-corrected chi connectivity index (χ3v) is 10.8. The van der Waals surface area contributed by atoms with E-state index in [-0.39, 0.29) is 11.9 Å². The highest BCUT2D eigenvalue weighted by atomic mass is 32.1. The van der Waals surface area contributed by atoms with E-state index >= 15 is 0 Å². The zero-order chi connectivity index (χ0) is 26.7. The van der Waals surface area contributed by atoms with Crippen LogP contribution in [0.4, 0.5) is 0 Å². The number of nitrogens with zero attached hydrogens (tertiary/aromatic N) is 2. The van der Waals surface area contributed by atoms with Gasteiger partial charge in [0, 0.05) is 42.9 Å². The van der Waals surface area contributed by atoms with Gasteiger partial charge in [-0.3, -0.25) is 4.79 Å². The quantitative estimate of drug-likeness (QED) is 0.317. The molecule has 6 heteroatoms. The molecular formula is C33H45N4OS+. The molecule has 3 aromatic rings. The molecule has 1 aromatic carbocycles. The molecule has 1 saturated carbocycles. The number of hydrogen-bond donors (Lipinski definition) is 2. The number of hydrogen-bond acceptors (Lipinski definition) is 4. The van der Waals surface area contributed by atoms with Crippen molar-refractivity contribution in [2.45, 2.75) is 89.8 Å². The van der Waals surface area contributed by atoms with Crippen LogP contribution in [0.5, 0.6) is 0 Å². The number of rotatable bonds is 7. The van der Waals surface area contributed by atoms with E-state index in [1.54, 1.807) is 11.3 Å².